The highest BCUT2D eigenvalue weighted by Gasteiger charge is 2.14. The number of benzene rings is 1. The molecule has 0 spiro atoms. The minimum atomic E-state index is -4.20. The average Bonchev–Trinajstić information content (AvgIpc) is 2.36. The van der Waals surface area contributed by atoms with Gasteiger partial charge in [-0.25, -0.2) is 0 Å². The van der Waals surface area contributed by atoms with E-state index in [0.29, 0.717) is 12.0 Å². The summed E-state index contributed by atoms with van der Waals surface area (Å²) >= 11 is 0. The summed E-state index contributed by atoms with van der Waals surface area (Å²) in [5.74, 6) is -0.318. The predicted molar refractivity (Wildman–Crippen MR) is 84.3 cm³/mol. The third-order valence-electron chi connectivity index (χ3n) is 3.23. The molecule has 0 atom stereocenters. The molecule has 1 aromatic carbocycles. The number of ether oxygens (including phenoxy) is 1. The molecular weight excluding hydrogens is 304 g/mol. The van der Waals surface area contributed by atoms with Gasteiger partial charge in [-0.15, -0.1) is 0 Å². The predicted octanol–water partition coefficient (Wildman–Crippen LogP) is 3.07. The molecular formula is C16H22O5S. The van der Waals surface area contributed by atoms with Crippen molar-refractivity contribution in [2.24, 2.45) is 0 Å². The largest absolute Gasteiger partial charge is 0.462 e. The van der Waals surface area contributed by atoms with Gasteiger partial charge in [0, 0.05) is 6.92 Å². The van der Waals surface area contributed by atoms with E-state index in [4.69, 9.17) is 4.74 Å². The van der Waals surface area contributed by atoms with Crippen molar-refractivity contribution in [2.75, 3.05) is 6.61 Å². The van der Waals surface area contributed by atoms with Gasteiger partial charge in [0.1, 0.15) is 6.61 Å². The first-order valence-corrected chi connectivity index (χ1v) is 8.50. The zero-order valence-electron chi connectivity index (χ0n) is 13.1. The average molecular weight is 326 g/mol. The Morgan fingerprint density at radius 3 is 2.59 bits per heavy atom. The lowest BCUT2D eigenvalue weighted by Crippen LogP contribution is -2.04. The van der Waals surface area contributed by atoms with Crippen LogP contribution < -0.4 is 0 Å². The Labute approximate surface area is 131 Å². The van der Waals surface area contributed by atoms with Crippen LogP contribution in [0.25, 0.3) is 0 Å². The molecule has 6 heteroatoms. The van der Waals surface area contributed by atoms with Gasteiger partial charge >= 0.3 is 5.97 Å². The first-order chi connectivity index (χ1) is 10.2. The maximum Gasteiger partial charge on any atom is 0.302 e. The standard InChI is InChI=1S/C16H22O5S/c1-12(9-10-21-14(3)17)5-4-6-15-11-13(2)7-8-16(15)22(18,19)20/h7-9,11H,4-6,10H2,1-3H3,(H,18,19,20)/b12-9+. The van der Waals surface area contributed by atoms with E-state index < -0.39 is 10.1 Å². The molecule has 0 fully saturated rings. The summed E-state index contributed by atoms with van der Waals surface area (Å²) in [6.45, 7) is 5.42. The Morgan fingerprint density at radius 2 is 2.00 bits per heavy atom. The summed E-state index contributed by atoms with van der Waals surface area (Å²) in [6.07, 6.45) is 3.89. The van der Waals surface area contributed by atoms with Gasteiger partial charge in [-0.1, -0.05) is 23.3 Å². The molecule has 0 heterocycles. The normalized spacial score (nSPS) is 12.3. The van der Waals surface area contributed by atoms with Gasteiger partial charge in [0.15, 0.2) is 0 Å². The van der Waals surface area contributed by atoms with Crippen molar-refractivity contribution < 1.29 is 22.5 Å². The minimum Gasteiger partial charge on any atom is -0.462 e. The zero-order chi connectivity index (χ0) is 16.8. The van der Waals surface area contributed by atoms with Crippen LogP contribution in [-0.4, -0.2) is 25.5 Å². The Morgan fingerprint density at radius 1 is 1.32 bits per heavy atom. The lowest BCUT2D eigenvalue weighted by atomic mass is 10.0. The van der Waals surface area contributed by atoms with Gasteiger partial charge in [-0.05, 0) is 50.8 Å². The fourth-order valence-corrected chi connectivity index (χ4v) is 2.85. The van der Waals surface area contributed by atoms with Crippen molar-refractivity contribution in [3.8, 4) is 0 Å². The van der Waals surface area contributed by atoms with E-state index in [1.807, 2.05) is 19.9 Å². The third kappa shape index (κ3) is 6.41. The third-order valence-corrected chi connectivity index (χ3v) is 4.18. The maximum absolute atomic E-state index is 11.4. The molecule has 0 aliphatic heterocycles. The highest BCUT2D eigenvalue weighted by molar-refractivity contribution is 7.85. The van der Waals surface area contributed by atoms with Crippen molar-refractivity contribution in [1.82, 2.24) is 0 Å². The van der Waals surface area contributed by atoms with Gasteiger partial charge in [0.25, 0.3) is 10.1 Å². The first kappa shape index (κ1) is 18.4. The number of carbonyl (C=O) groups excluding carboxylic acids is 1. The molecule has 5 nitrogen and oxygen atoms in total. The molecule has 0 radical (unpaired) electrons. The highest BCUT2D eigenvalue weighted by Crippen LogP contribution is 2.20. The van der Waals surface area contributed by atoms with E-state index in [2.05, 4.69) is 0 Å². The van der Waals surface area contributed by atoms with E-state index in [9.17, 15) is 17.8 Å². The molecule has 22 heavy (non-hydrogen) atoms. The van der Waals surface area contributed by atoms with Crippen LogP contribution in [0.3, 0.4) is 0 Å². The van der Waals surface area contributed by atoms with E-state index in [1.165, 1.54) is 13.0 Å². The van der Waals surface area contributed by atoms with Crippen LogP contribution in [0.2, 0.25) is 0 Å². The number of rotatable bonds is 7. The van der Waals surface area contributed by atoms with E-state index in [0.717, 1.165) is 24.0 Å². The Bertz CT molecular complexity index is 659. The first-order valence-electron chi connectivity index (χ1n) is 7.06. The number of esters is 1. The van der Waals surface area contributed by atoms with Crippen molar-refractivity contribution in [3.05, 3.63) is 41.0 Å². The monoisotopic (exact) mass is 326 g/mol. The molecule has 0 saturated carbocycles. The van der Waals surface area contributed by atoms with E-state index >= 15 is 0 Å². The Hall–Kier alpha value is -1.66. The molecule has 1 rings (SSSR count). The summed E-state index contributed by atoms with van der Waals surface area (Å²) in [4.78, 5) is 10.6. The van der Waals surface area contributed by atoms with Gasteiger partial charge in [0.2, 0.25) is 0 Å². The van der Waals surface area contributed by atoms with Crippen LogP contribution in [-0.2, 0) is 26.1 Å². The van der Waals surface area contributed by atoms with Crippen molar-refractivity contribution in [3.63, 3.8) is 0 Å². The second kappa shape index (κ2) is 8.10. The molecule has 0 bridgehead atoms. The second-order valence-corrected chi connectivity index (χ2v) is 6.68. The molecule has 0 aromatic heterocycles. The summed E-state index contributed by atoms with van der Waals surface area (Å²) < 4.78 is 36.8. The van der Waals surface area contributed by atoms with Crippen molar-refractivity contribution in [2.45, 2.75) is 44.9 Å². The second-order valence-electron chi connectivity index (χ2n) is 5.29. The quantitative estimate of drug-likeness (QED) is 0.473. The lowest BCUT2D eigenvalue weighted by molar-refractivity contribution is -0.139. The Balaban J connectivity index is 2.65. The molecule has 1 aromatic rings. The van der Waals surface area contributed by atoms with Gasteiger partial charge in [-0.2, -0.15) is 8.42 Å². The number of hydrogen-bond donors (Lipinski definition) is 1. The highest BCUT2D eigenvalue weighted by atomic mass is 32.2. The van der Waals surface area contributed by atoms with Crippen LogP contribution in [0.1, 0.15) is 37.8 Å². The molecule has 0 aliphatic carbocycles. The fraction of sp³-hybridized carbons (Fsp3) is 0.438. The van der Waals surface area contributed by atoms with E-state index in [-0.39, 0.29) is 17.5 Å². The summed E-state index contributed by atoms with van der Waals surface area (Å²) in [5, 5.41) is 0. The van der Waals surface area contributed by atoms with Crippen LogP contribution in [0.15, 0.2) is 34.7 Å². The van der Waals surface area contributed by atoms with Gasteiger partial charge in [-0.3, -0.25) is 9.35 Å². The minimum absolute atomic E-state index is 0.0281. The summed E-state index contributed by atoms with van der Waals surface area (Å²) in [5.41, 5.74) is 2.64. The number of carbonyl (C=O) groups is 1. The van der Waals surface area contributed by atoms with Gasteiger partial charge < -0.3 is 4.74 Å². The van der Waals surface area contributed by atoms with Crippen molar-refractivity contribution >= 4 is 16.1 Å². The number of aryl methyl sites for hydroxylation is 2. The molecule has 122 valence electrons. The van der Waals surface area contributed by atoms with Crippen LogP contribution in [0.4, 0.5) is 0 Å². The van der Waals surface area contributed by atoms with Gasteiger partial charge in [0.05, 0.1) is 4.90 Å². The van der Waals surface area contributed by atoms with E-state index in [1.54, 1.807) is 12.1 Å². The SMILES string of the molecule is CC(=O)OC/C=C(\C)CCCc1cc(C)ccc1S(=O)(=O)O. The lowest BCUT2D eigenvalue weighted by Gasteiger charge is -2.09. The fourth-order valence-electron chi connectivity index (χ4n) is 2.12. The van der Waals surface area contributed by atoms with Crippen LogP contribution in [0.5, 0.6) is 0 Å². The summed E-state index contributed by atoms with van der Waals surface area (Å²) in [7, 11) is -4.20. The van der Waals surface area contributed by atoms with Crippen molar-refractivity contribution in [1.29, 1.82) is 0 Å². The summed E-state index contributed by atoms with van der Waals surface area (Å²) in [6, 6.07) is 4.88. The topological polar surface area (TPSA) is 80.7 Å². The Kier molecular flexibility index (Phi) is 6.77. The molecule has 1 N–H and O–H groups in total. The van der Waals surface area contributed by atoms with Crippen LogP contribution >= 0.6 is 0 Å². The molecule has 0 saturated heterocycles. The number of allylic oxidation sites excluding steroid dienone is 1. The molecule has 0 aliphatic rings. The molecule has 0 unspecified atom stereocenters. The zero-order valence-corrected chi connectivity index (χ0v) is 13.9. The maximum atomic E-state index is 11.4. The number of hydrogen-bond acceptors (Lipinski definition) is 4. The smallest absolute Gasteiger partial charge is 0.302 e. The van der Waals surface area contributed by atoms with Crippen LogP contribution in [0, 0.1) is 6.92 Å². The molecule has 0 amide bonds.